The molecule has 7 nitrogen and oxygen atoms in total. The second kappa shape index (κ2) is 5.92. The first kappa shape index (κ1) is 15.0. The lowest BCUT2D eigenvalue weighted by Crippen LogP contribution is -2.47. The van der Waals surface area contributed by atoms with Gasteiger partial charge in [0.25, 0.3) is 5.91 Å². The first-order valence-corrected chi connectivity index (χ1v) is 6.53. The molecule has 1 aliphatic heterocycles. The highest BCUT2D eigenvalue weighted by Crippen LogP contribution is 2.23. The predicted molar refractivity (Wildman–Crippen MR) is 74.0 cm³/mol. The van der Waals surface area contributed by atoms with Crippen molar-refractivity contribution in [3.63, 3.8) is 0 Å². The lowest BCUT2D eigenvalue weighted by molar-refractivity contribution is -0.141. The summed E-state index contributed by atoms with van der Waals surface area (Å²) in [5.41, 5.74) is 1.77. The summed E-state index contributed by atoms with van der Waals surface area (Å²) >= 11 is 0. The summed E-state index contributed by atoms with van der Waals surface area (Å²) in [5, 5.41) is 23.3. The minimum Gasteiger partial charge on any atom is -0.480 e. The maximum atomic E-state index is 12.0. The van der Waals surface area contributed by atoms with E-state index in [1.54, 1.807) is 12.1 Å². The molecule has 0 aromatic heterocycles. The number of benzene rings is 1. The quantitative estimate of drug-likeness (QED) is 0.630. The summed E-state index contributed by atoms with van der Waals surface area (Å²) in [7, 11) is 0. The zero-order chi connectivity index (χ0) is 15.6. The summed E-state index contributed by atoms with van der Waals surface area (Å²) < 4.78 is 0. The first-order valence-electron chi connectivity index (χ1n) is 6.53. The number of aryl methyl sites for hydroxylation is 1. The zero-order valence-electron chi connectivity index (χ0n) is 11.4. The number of carboxylic acid groups (broad SMARTS) is 1. The maximum absolute atomic E-state index is 12.0. The van der Waals surface area contributed by atoms with Crippen LogP contribution >= 0.6 is 0 Å². The van der Waals surface area contributed by atoms with E-state index in [4.69, 9.17) is 5.11 Å². The van der Waals surface area contributed by atoms with Gasteiger partial charge in [-0.25, -0.2) is 4.79 Å². The minimum atomic E-state index is -1.37. The van der Waals surface area contributed by atoms with Crippen molar-refractivity contribution in [2.75, 3.05) is 5.32 Å². The molecule has 1 aromatic carbocycles. The van der Waals surface area contributed by atoms with Crippen molar-refractivity contribution < 1.29 is 24.6 Å². The third kappa shape index (κ3) is 3.38. The summed E-state index contributed by atoms with van der Waals surface area (Å²) in [4.78, 5) is 34.3. The van der Waals surface area contributed by atoms with E-state index in [0.29, 0.717) is 18.5 Å². The third-order valence-corrected chi connectivity index (χ3v) is 3.30. The Morgan fingerprint density at radius 3 is 2.67 bits per heavy atom. The molecule has 7 heteroatoms. The molecule has 112 valence electrons. The van der Waals surface area contributed by atoms with Crippen LogP contribution < -0.4 is 10.6 Å². The van der Waals surface area contributed by atoms with Gasteiger partial charge in [0, 0.05) is 17.7 Å². The molecule has 0 fully saturated rings. The topological polar surface area (TPSA) is 116 Å². The Balaban J connectivity index is 2.17. The predicted octanol–water partition coefficient (Wildman–Crippen LogP) is 0.135. The van der Waals surface area contributed by atoms with Crippen molar-refractivity contribution in [3.8, 4) is 0 Å². The number of nitrogens with one attached hydrogen (secondary N) is 2. The second-order valence-corrected chi connectivity index (χ2v) is 4.95. The normalized spacial score (nSPS) is 16.4. The van der Waals surface area contributed by atoms with Crippen LogP contribution in [0, 0.1) is 0 Å². The summed E-state index contributed by atoms with van der Waals surface area (Å²) in [6.45, 7) is 1.29. The Labute approximate surface area is 121 Å². The molecular weight excluding hydrogens is 276 g/mol. The number of carboxylic acids is 1. The average molecular weight is 292 g/mol. The number of fused-ring (bicyclic) bond motifs is 1. The van der Waals surface area contributed by atoms with E-state index in [9.17, 15) is 19.5 Å². The van der Waals surface area contributed by atoms with Gasteiger partial charge in [0.15, 0.2) is 6.04 Å². The molecule has 2 unspecified atom stereocenters. The van der Waals surface area contributed by atoms with Crippen LogP contribution in [0.15, 0.2) is 18.2 Å². The Morgan fingerprint density at radius 2 is 2.05 bits per heavy atom. The molecule has 2 rings (SSSR count). The number of carbonyl (C=O) groups is 3. The van der Waals surface area contributed by atoms with Gasteiger partial charge in [0.2, 0.25) is 5.91 Å². The molecule has 0 saturated carbocycles. The van der Waals surface area contributed by atoms with Crippen molar-refractivity contribution in [2.45, 2.75) is 31.9 Å². The second-order valence-electron chi connectivity index (χ2n) is 4.95. The van der Waals surface area contributed by atoms with E-state index >= 15 is 0 Å². The van der Waals surface area contributed by atoms with Crippen molar-refractivity contribution in [1.82, 2.24) is 5.32 Å². The highest BCUT2D eigenvalue weighted by Gasteiger charge is 2.26. The number of anilines is 1. The molecule has 1 heterocycles. The van der Waals surface area contributed by atoms with Crippen LogP contribution in [0.3, 0.4) is 0 Å². The number of aliphatic carboxylic acids is 1. The van der Waals surface area contributed by atoms with Gasteiger partial charge in [-0.15, -0.1) is 0 Å². The minimum absolute atomic E-state index is 0.0697. The van der Waals surface area contributed by atoms with Crippen LogP contribution in [0.1, 0.15) is 29.3 Å². The number of carbonyl (C=O) groups excluding carboxylic acids is 2. The fraction of sp³-hybridized carbons (Fsp3) is 0.357. The number of amides is 2. The number of aliphatic hydroxyl groups is 1. The SMILES string of the molecule is CC(O)C(NC(=O)c1ccc2c(c1)CCC(=O)N2)C(=O)O. The summed E-state index contributed by atoms with van der Waals surface area (Å²) in [6, 6.07) is 3.36. The molecule has 2 atom stereocenters. The summed E-state index contributed by atoms with van der Waals surface area (Å²) in [6.07, 6.45) is -0.326. The monoisotopic (exact) mass is 292 g/mol. The molecule has 0 saturated heterocycles. The van der Waals surface area contributed by atoms with Gasteiger partial charge < -0.3 is 20.8 Å². The molecule has 0 radical (unpaired) electrons. The molecule has 0 spiro atoms. The van der Waals surface area contributed by atoms with Crippen LogP contribution in [-0.2, 0) is 16.0 Å². The number of rotatable bonds is 4. The van der Waals surface area contributed by atoms with Crippen LogP contribution in [0.5, 0.6) is 0 Å². The standard InChI is InChI=1S/C14H16N2O5/c1-7(17)12(14(20)21)16-13(19)9-2-4-10-8(6-9)3-5-11(18)15-10/h2,4,6-7,12,17H,3,5H2,1H3,(H,15,18)(H,16,19)(H,20,21). The zero-order valence-corrected chi connectivity index (χ0v) is 11.4. The van der Waals surface area contributed by atoms with E-state index in [0.717, 1.165) is 5.56 Å². The molecule has 1 aromatic rings. The van der Waals surface area contributed by atoms with E-state index in [1.807, 2.05) is 0 Å². The Morgan fingerprint density at radius 1 is 1.33 bits per heavy atom. The number of hydrogen-bond donors (Lipinski definition) is 4. The molecule has 0 aliphatic carbocycles. The molecule has 0 bridgehead atoms. The molecule has 21 heavy (non-hydrogen) atoms. The van der Waals surface area contributed by atoms with Gasteiger partial charge in [-0.2, -0.15) is 0 Å². The van der Waals surface area contributed by atoms with Crippen molar-refractivity contribution in [3.05, 3.63) is 29.3 Å². The average Bonchev–Trinajstić information content (AvgIpc) is 2.43. The maximum Gasteiger partial charge on any atom is 0.328 e. The lowest BCUT2D eigenvalue weighted by atomic mass is 10.00. The Kier molecular flexibility index (Phi) is 4.23. The van der Waals surface area contributed by atoms with Crippen molar-refractivity contribution in [1.29, 1.82) is 0 Å². The first-order chi connectivity index (χ1) is 9.88. The lowest BCUT2D eigenvalue weighted by Gasteiger charge is -2.19. The van der Waals surface area contributed by atoms with E-state index in [1.165, 1.54) is 13.0 Å². The smallest absolute Gasteiger partial charge is 0.328 e. The van der Waals surface area contributed by atoms with Crippen LogP contribution in [-0.4, -0.2) is 40.1 Å². The fourth-order valence-corrected chi connectivity index (χ4v) is 2.14. The Bertz CT molecular complexity index is 597. The van der Waals surface area contributed by atoms with Crippen LogP contribution in [0.2, 0.25) is 0 Å². The van der Waals surface area contributed by atoms with Crippen LogP contribution in [0.25, 0.3) is 0 Å². The van der Waals surface area contributed by atoms with Gasteiger partial charge in [-0.05, 0) is 37.1 Å². The third-order valence-electron chi connectivity index (χ3n) is 3.30. The van der Waals surface area contributed by atoms with E-state index in [-0.39, 0.29) is 11.5 Å². The van der Waals surface area contributed by atoms with Crippen molar-refractivity contribution >= 4 is 23.5 Å². The number of aliphatic hydroxyl groups excluding tert-OH is 1. The van der Waals surface area contributed by atoms with Gasteiger partial charge in [0.1, 0.15) is 0 Å². The molecule has 4 N–H and O–H groups in total. The summed E-state index contributed by atoms with van der Waals surface area (Å²) in [5.74, 6) is -1.95. The Hall–Kier alpha value is -2.41. The van der Waals surface area contributed by atoms with Gasteiger partial charge >= 0.3 is 5.97 Å². The number of hydrogen-bond acceptors (Lipinski definition) is 4. The highest BCUT2D eigenvalue weighted by molar-refractivity contribution is 5.99. The van der Waals surface area contributed by atoms with E-state index in [2.05, 4.69) is 10.6 Å². The van der Waals surface area contributed by atoms with Gasteiger partial charge in [-0.3, -0.25) is 9.59 Å². The molecular formula is C14H16N2O5. The van der Waals surface area contributed by atoms with Crippen molar-refractivity contribution in [2.24, 2.45) is 0 Å². The largest absolute Gasteiger partial charge is 0.480 e. The molecule has 2 amide bonds. The van der Waals surface area contributed by atoms with Crippen LogP contribution in [0.4, 0.5) is 5.69 Å². The highest BCUT2D eigenvalue weighted by atomic mass is 16.4. The van der Waals surface area contributed by atoms with Gasteiger partial charge in [-0.1, -0.05) is 0 Å². The van der Waals surface area contributed by atoms with E-state index < -0.39 is 24.0 Å². The molecule has 1 aliphatic rings. The fourth-order valence-electron chi connectivity index (χ4n) is 2.14. The van der Waals surface area contributed by atoms with Gasteiger partial charge in [0.05, 0.1) is 6.10 Å².